The Morgan fingerprint density at radius 3 is 2.87 bits per heavy atom. The summed E-state index contributed by atoms with van der Waals surface area (Å²) in [4.78, 5) is 15.1. The molecule has 4 heterocycles. The molecular weight excluding hydrogens is 426 g/mol. The first-order chi connectivity index (χ1) is 14.7. The van der Waals surface area contributed by atoms with Crippen LogP contribution in [0.15, 0.2) is 30.7 Å². The summed E-state index contributed by atoms with van der Waals surface area (Å²) in [5.74, 6) is 0.710. The molecule has 0 amide bonds. The van der Waals surface area contributed by atoms with Crippen molar-refractivity contribution in [2.75, 3.05) is 30.8 Å². The number of anilines is 1. The third-order valence-corrected chi connectivity index (χ3v) is 5.57. The number of alkyl halides is 2. The van der Waals surface area contributed by atoms with Gasteiger partial charge in [0.15, 0.2) is 5.65 Å². The van der Waals surface area contributed by atoms with Crippen LogP contribution in [0.2, 0.25) is 0 Å². The van der Waals surface area contributed by atoms with E-state index in [-0.39, 0.29) is 17.3 Å². The molecule has 166 valence electrons. The summed E-state index contributed by atoms with van der Waals surface area (Å²) in [6.45, 7) is 6.10. The average Bonchev–Trinajstić information content (AvgIpc) is 3.14. The summed E-state index contributed by atoms with van der Waals surface area (Å²) in [5, 5.41) is 7.57. The molecule has 2 unspecified atom stereocenters. The minimum absolute atomic E-state index is 0.0668. The van der Waals surface area contributed by atoms with Gasteiger partial charge in [0, 0.05) is 42.1 Å². The number of rotatable bonds is 6. The van der Waals surface area contributed by atoms with Gasteiger partial charge in [0.2, 0.25) is 0 Å². The number of nitrogens with zero attached hydrogens (tertiary/aromatic N) is 6. The number of halogens is 2. The molecule has 1 fully saturated rings. The molecule has 9 nitrogen and oxygen atoms in total. The van der Waals surface area contributed by atoms with Gasteiger partial charge < -0.3 is 14.8 Å². The van der Waals surface area contributed by atoms with Crippen molar-refractivity contribution >= 4 is 22.8 Å². The van der Waals surface area contributed by atoms with E-state index in [0.29, 0.717) is 42.5 Å². The van der Waals surface area contributed by atoms with E-state index in [9.17, 15) is 13.3 Å². The van der Waals surface area contributed by atoms with E-state index in [4.69, 9.17) is 0 Å². The van der Waals surface area contributed by atoms with Gasteiger partial charge in [0.05, 0.1) is 18.4 Å². The van der Waals surface area contributed by atoms with E-state index in [1.54, 1.807) is 12.5 Å². The lowest BCUT2D eigenvalue weighted by Crippen LogP contribution is -2.64. The fraction of sp³-hybridized carbons (Fsp3) is 0.474. The van der Waals surface area contributed by atoms with E-state index in [0.717, 1.165) is 0 Å². The van der Waals surface area contributed by atoms with Crippen LogP contribution in [0.4, 0.5) is 14.6 Å². The molecule has 0 radical (unpaired) electrons. The van der Waals surface area contributed by atoms with Crippen LogP contribution in [0.1, 0.15) is 26.0 Å². The lowest BCUT2D eigenvalue weighted by atomic mass is 9.98. The average molecular weight is 451 g/mol. The second kappa shape index (κ2) is 8.61. The quantitative estimate of drug-likeness (QED) is 0.545. The SMILES string of the molecule is C[S+]([O-])NCC1CN(c2cc(-c3cnc4ccc(C(F)F)nn34)ncn2)CC(C)(C)N1. The van der Waals surface area contributed by atoms with E-state index < -0.39 is 17.8 Å². The highest BCUT2D eigenvalue weighted by atomic mass is 32.2. The molecule has 31 heavy (non-hydrogen) atoms. The van der Waals surface area contributed by atoms with Gasteiger partial charge in [0.25, 0.3) is 6.43 Å². The standard InChI is InChI=1S/C19H24F2N8OS/c1-19(2)10-28(9-12(26-19)7-25-31(3)30)17-6-14(23-11-24-17)15-8-22-16-5-4-13(18(20)21)27-29(15)16/h4-6,8,11-12,18,25-26H,7,9-10H2,1-3H3. The van der Waals surface area contributed by atoms with Gasteiger partial charge in [-0.05, 0) is 26.0 Å². The first-order valence-electron chi connectivity index (χ1n) is 9.77. The van der Waals surface area contributed by atoms with E-state index in [1.807, 2.05) is 6.07 Å². The van der Waals surface area contributed by atoms with Gasteiger partial charge in [-0.3, -0.25) is 0 Å². The molecule has 1 saturated heterocycles. The first kappa shape index (κ1) is 21.8. The van der Waals surface area contributed by atoms with Gasteiger partial charge in [-0.15, -0.1) is 4.72 Å². The highest BCUT2D eigenvalue weighted by molar-refractivity contribution is 7.88. The number of aromatic nitrogens is 5. The second-order valence-corrected chi connectivity index (χ2v) is 9.34. The van der Waals surface area contributed by atoms with Crippen LogP contribution in [-0.2, 0) is 11.4 Å². The van der Waals surface area contributed by atoms with Crippen molar-refractivity contribution in [1.29, 1.82) is 0 Å². The Balaban J connectivity index is 1.64. The maximum atomic E-state index is 13.1. The van der Waals surface area contributed by atoms with Crippen molar-refractivity contribution in [3.63, 3.8) is 0 Å². The summed E-state index contributed by atoms with van der Waals surface area (Å²) >= 11 is -1.09. The maximum Gasteiger partial charge on any atom is 0.282 e. The van der Waals surface area contributed by atoms with E-state index in [1.165, 1.54) is 23.0 Å². The maximum absolute atomic E-state index is 13.1. The van der Waals surface area contributed by atoms with Crippen molar-refractivity contribution in [2.24, 2.45) is 0 Å². The minimum atomic E-state index is -2.67. The highest BCUT2D eigenvalue weighted by Gasteiger charge is 2.33. The van der Waals surface area contributed by atoms with Gasteiger partial charge in [-0.2, -0.15) is 5.10 Å². The molecule has 1 aliphatic rings. The molecule has 3 aromatic heterocycles. The van der Waals surface area contributed by atoms with Crippen LogP contribution in [0.25, 0.3) is 17.0 Å². The van der Waals surface area contributed by atoms with Gasteiger partial charge >= 0.3 is 0 Å². The number of piperazine rings is 1. The topological polar surface area (TPSA) is 106 Å². The molecule has 2 N–H and O–H groups in total. The summed E-state index contributed by atoms with van der Waals surface area (Å²) < 4.78 is 42.0. The van der Waals surface area contributed by atoms with Crippen LogP contribution >= 0.6 is 0 Å². The normalized spacial score (nSPS) is 19.8. The number of nitrogens with one attached hydrogen (secondary N) is 2. The number of hydrogen-bond donors (Lipinski definition) is 2. The summed E-state index contributed by atoms with van der Waals surface area (Å²) in [6.07, 6.45) is 1.94. The molecular formula is C19H24F2N8OS. The third kappa shape index (κ3) is 4.92. The van der Waals surface area contributed by atoms with Gasteiger partial charge in [0.1, 0.15) is 29.8 Å². The predicted octanol–water partition coefficient (Wildman–Crippen LogP) is 1.56. The monoisotopic (exact) mass is 450 g/mol. The van der Waals surface area contributed by atoms with E-state index >= 15 is 0 Å². The summed E-state index contributed by atoms with van der Waals surface area (Å²) in [6, 6.07) is 4.65. The molecule has 12 heteroatoms. The first-order valence-corrected chi connectivity index (χ1v) is 11.3. The summed E-state index contributed by atoms with van der Waals surface area (Å²) in [5.41, 5.74) is 0.990. The number of fused-ring (bicyclic) bond motifs is 1. The Hall–Kier alpha value is -2.41. The second-order valence-electron chi connectivity index (χ2n) is 8.14. The molecule has 0 bridgehead atoms. The number of hydrogen-bond acceptors (Lipinski definition) is 8. The zero-order chi connectivity index (χ0) is 22.2. The van der Waals surface area contributed by atoms with Crippen molar-refractivity contribution in [3.05, 3.63) is 36.4 Å². The predicted molar refractivity (Wildman–Crippen MR) is 114 cm³/mol. The Labute approximate surface area is 181 Å². The zero-order valence-electron chi connectivity index (χ0n) is 17.4. The molecule has 3 aromatic rings. The Bertz CT molecular complexity index is 1060. The van der Waals surface area contributed by atoms with E-state index in [2.05, 4.69) is 48.8 Å². The van der Waals surface area contributed by atoms with Crippen LogP contribution in [0.3, 0.4) is 0 Å². The van der Waals surface area contributed by atoms with Gasteiger partial charge in [-0.1, -0.05) is 0 Å². The molecule has 4 rings (SSSR count). The van der Waals surface area contributed by atoms with Crippen molar-refractivity contribution < 1.29 is 13.3 Å². The fourth-order valence-corrected chi connectivity index (χ4v) is 4.23. The fourth-order valence-electron chi connectivity index (χ4n) is 3.80. The Morgan fingerprint density at radius 2 is 2.13 bits per heavy atom. The number of imidazole rings is 1. The largest absolute Gasteiger partial charge is 0.598 e. The van der Waals surface area contributed by atoms with Crippen LogP contribution < -0.4 is 14.9 Å². The molecule has 0 spiro atoms. The lowest BCUT2D eigenvalue weighted by molar-refractivity contribution is 0.144. The molecule has 0 aromatic carbocycles. The van der Waals surface area contributed by atoms with Crippen molar-refractivity contribution in [3.8, 4) is 11.4 Å². The Morgan fingerprint density at radius 1 is 1.32 bits per heavy atom. The van der Waals surface area contributed by atoms with Gasteiger partial charge in [-0.25, -0.2) is 28.2 Å². The summed E-state index contributed by atoms with van der Waals surface area (Å²) in [7, 11) is 0. The zero-order valence-corrected chi connectivity index (χ0v) is 18.2. The van der Waals surface area contributed by atoms with Crippen LogP contribution in [-0.4, -0.2) is 66.6 Å². The van der Waals surface area contributed by atoms with Crippen LogP contribution in [0.5, 0.6) is 0 Å². The lowest BCUT2D eigenvalue weighted by Gasteiger charge is -2.44. The van der Waals surface area contributed by atoms with Crippen LogP contribution in [0, 0.1) is 0 Å². The molecule has 2 atom stereocenters. The minimum Gasteiger partial charge on any atom is -0.598 e. The molecule has 1 aliphatic heterocycles. The van der Waals surface area contributed by atoms with Crippen molar-refractivity contribution in [1.82, 2.24) is 34.6 Å². The molecule has 0 saturated carbocycles. The Kier molecular flexibility index (Phi) is 6.06. The third-order valence-electron chi connectivity index (χ3n) is 5.00. The smallest absolute Gasteiger partial charge is 0.282 e. The van der Waals surface area contributed by atoms with Crippen molar-refractivity contribution in [2.45, 2.75) is 31.9 Å². The highest BCUT2D eigenvalue weighted by Crippen LogP contribution is 2.25. The molecule has 0 aliphatic carbocycles.